The molecule has 5 heteroatoms. The van der Waals surface area contributed by atoms with E-state index in [1.54, 1.807) is 0 Å². The molecule has 0 spiro atoms. The quantitative estimate of drug-likeness (QED) is 0.379. The first-order valence-corrected chi connectivity index (χ1v) is 2.20. The fourth-order valence-electron chi connectivity index (χ4n) is 0.430. The summed E-state index contributed by atoms with van der Waals surface area (Å²) in [5.41, 5.74) is 0. The van der Waals surface area contributed by atoms with Gasteiger partial charge in [0.25, 0.3) is 0 Å². The van der Waals surface area contributed by atoms with Crippen LogP contribution in [0.4, 0.5) is 8.78 Å². The van der Waals surface area contributed by atoms with E-state index >= 15 is 0 Å². The van der Waals surface area contributed by atoms with Crippen LogP contribution in [0, 0.1) is 11.6 Å². The van der Waals surface area contributed by atoms with Gasteiger partial charge in [-0.25, -0.2) is 8.78 Å². The molecule has 0 aliphatic heterocycles. The second kappa shape index (κ2) is 8.52. The van der Waals surface area contributed by atoms with Crippen molar-refractivity contribution in [1.82, 2.24) is 0 Å². The third-order valence-corrected chi connectivity index (χ3v) is 0.804. The maximum Gasteiger partial charge on any atom is 2.00 e. The van der Waals surface area contributed by atoms with Crippen molar-refractivity contribution >= 4 is 23.1 Å². The number of hydrogen-bond acceptors (Lipinski definition) is 0. The van der Waals surface area contributed by atoms with Gasteiger partial charge in [0.15, 0.2) is 0 Å². The molecule has 0 saturated heterocycles. The van der Waals surface area contributed by atoms with Crippen LogP contribution in [-0.4, -0.2) is 23.1 Å². The Hall–Kier alpha value is 0.426. The SMILES string of the molecule is Fc1ccc(F)cc1.[Cl-].[Cl-].[Mg+2]. The van der Waals surface area contributed by atoms with Crippen LogP contribution in [-0.2, 0) is 0 Å². The van der Waals surface area contributed by atoms with E-state index in [0.717, 1.165) is 24.3 Å². The van der Waals surface area contributed by atoms with E-state index in [0.29, 0.717) is 0 Å². The maximum atomic E-state index is 11.9. The van der Waals surface area contributed by atoms with Crippen molar-refractivity contribution in [1.29, 1.82) is 0 Å². The zero-order valence-electron chi connectivity index (χ0n) is 5.53. The Labute approximate surface area is 92.3 Å². The summed E-state index contributed by atoms with van der Waals surface area (Å²) in [6.45, 7) is 0. The van der Waals surface area contributed by atoms with Crippen LogP contribution in [0.1, 0.15) is 0 Å². The third kappa shape index (κ3) is 6.81. The minimum Gasteiger partial charge on any atom is -1.00 e. The molecule has 11 heavy (non-hydrogen) atoms. The average molecular weight is 209 g/mol. The molecule has 1 rings (SSSR count). The molecule has 0 aliphatic carbocycles. The molecule has 0 atom stereocenters. The predicted octanol–water partition coefficient (Wildman–Crippen LogP) is -4.41. The van der Waals surface area contributed by atoms with E-state index < -0.39 is 11.6 Å². The number of halogens is 4. The van der Waals surface area contributed by atoms with Crippen LogP contribution in [0.2, 0.25) is 0 Å². The van der Waals surface area contributed by atoms with E-state index in [2.05, 4.69) is 0 Å². The molecular formula is C6H4Cl2F2Mg. The van der Waals surface area contributed by atoms with Gasteiger partial charge in [-0.1, -0.05) is 0 Å². The van der Waals surface area contributed by atoms with Crippen LogP contribution < -0.4 is 24.8 Å². The van der Waals surface area contributed by atoms with Crippen LogP contribution in [0.15, 0.2) is 24.3 Å². The van der Waals surface area contributed by atoms with Crippen LogP contribution in [0.5, 0.6) is 0 Å². The molecule has 0 fully saturated rings. The van der Waals surface area contributed by atoms with Crippen molar-refractivity contribution < 1.29 is 33.6 Å². The first kappa shape index (κ1) is 17.5. The van der Waals surface area contributed by atoms with Gasteiger partial charge in [0, 0.05) is 0 Å². The van der Waals surface area contributed by atoms with Gasteiger partial charge < -0.3 is 24.8 Å². The van der Waals surface area contributed by atoms with Gasteiger partial charge in [0.05, 0.1) is 0 Å². The molecule has 0 N–H and O–H groups in total. The molecule has 0 heterocycles. The minimum atomic E-state index is -0.411. The fourth-order valence-corrected chi connectivity index (χ4v) is 0.430. The van der Waals surface area contributed by atoms with E-state index in [-0.39, 0.29) is 47.9 Å². The smallest absolute Gasteiger partial charge is 1.00 e. The van der Waals surface area contributed by atoms with Gasteiger partial charge in [-0.2, -0.15) is 0 Å². The molecule has 0 aromatic heterocycles. The van der Waals surface area contributed by atoms with Crippen LogP contribution >= 0.6 is 0 Å². The van der Waals surface area contributed by atoms with Gasteiger partial charge in [-0.3, -0.25) is 0 Å². The third-order valence-electron chi connectivity index (χ3n) is 0.804. The second-order valence-corrected chi connectivity index (χ2v) is 1.44. The van der Waals surface area contributed by atoms with Crippen molar-refractivity contribution in [3.63, 3.8) is 0 Å². The van der Waals surface area contributed by atoms with Gasteiger partial charge in [-0.15, -0.1) is 0 Å². The Morgan fingerprint density at radius 2 is 0.909 bits per heavy atom. The molecule has 0 saturated carbocycles. The summed E-state index contributed by atoms with van der Waals surface area (Å²) in [7, 11) is 0. The standard InChI is InChI=1S/C6H4F2.2ClH.Mg/c7-5-1-2-6(8)4-3-5;;;/h1-4H;2*1H;/q;;;+2/p-2. The normalized spacial score (nSPS) is 6.73. The topological polar surface area (TPSA) is 0 Å². The van der Waals surface area contributed by atoms with Crippen molar-refractivity contribution in [2.45, 2.75) is 0 Å². The summed E-state index contributed by atoms with van der Waals surface area (Å²) >= 11 is 0. The van der Waals surface area contributed by atoms with Gasteiger partial charge in [0.1, 0.15) is 11.6 Å². The molecule has 0 unspecified atom stereocenters. The van der Waals surface area contributed by atoms with E-state index in [9.17, 15) is 8.78 Å². The molecule has 0 bridgehead atoms. The molecule has 0 amide bonds. The largest absolute Gasteiger partial charge is 2.00 e. The summed E-state index contributed by atoms with van der Waals surface area (Å²) in [6.07, 6.45) is 0. The maximum absolute atomic E-state index is 11.9. The first-order valence-electron chi connectivity index (χ1n) is 2.20. The summed E-state index contributed by atoms with van der Waals surface area (Å²) in [4.78, 5) is 0. The zero-order chi connectivity index (χ0) is 5.98. The summed E-state index contributed by atoms with van der Waals surface area (Å²) < 4.78 is 23.8. The van der Waals surface area contributed by atoms with Crippen molar-refractivity contribution in [3.8, 4) is 0 Å². The zero-order valence-corrected chi connectivity index (χ0v) is 8.45. The molecule has 58 valence electrons. The van der Waals surface area contributed by atoms with Crippen LogP contribution in [0.3, 0.4) is 0 Å². The minimum absolute atomic E-state index is 0. The Morgan fingerprint density at radius 3 is 1.09 bits per heavy atom. The molecule has 1 aromatic rings. The Balaban J connectivity index is -0.000000213. The van der Waals surface area contributed by atoms with Crippen molar-refractivity contribution in [3.05, 3.63) is 35.9 Å². The predicted molar refractivity (Wildman–Crippen MR) is 32.1 cm³/mol. The second-order valence-electron chi connectivity index (χ2n) is 1.44. The monoisotopic (exact) mass is 208 g/mol. The summed E-state index contributed by atoms with van der Waals surface area (Å²) in [5, 5.41) is 0. The number of benzene rings is 1. The van der Waals surface area contributed by atoms with E-state index in [1.807, 2.05) is 0 Å². The Kier molecular flexibility index (Phi) is 13.6. The fraction of sp³-hybridized carbons (Fsp3) is 0. The first-order chi connectivity index (χ1) is 3.79. The Morgan fingerprint density at radius 1 is 0.727 bits per heavy atom. The van der Waals surface area contributed by atoms with E-state index in [1.165, 1.54) is 0 Å². The summed E-state index contributed by atoms with van der Waals surface area (Å²) in [6, 6.07) is 4.31. The Bertz CT molecular complexity index is 157. The van der Waals surface area contributed by atoms with Crippen molar-refractivity contribution in [2.75, 3.05) is 0 Å². The number of hydrogen-bond donors (Lipinski definition) is 0. The van der Waals surface area contributed by atoms with Crippen LogP contribution in [0.25, 0.3) is 0 Å². The number of rotatable bonds is 0. The average Bonchev–Trinajstić information content (AvgIpc) is 1.77. The van der Waals surface area contributed by atoms with Gasteiger partial charge >= 0.3 is 23.1 Å². The molecule has 0 aliphatic rings. The molecular weight excluding hydrogens is 205 g/mol. The molecule has 1 aromatic carbocycles. The van der Waals surface area contributed by atoms with E-state index in [4.69, 9.17) is 0 Å². The molecule has 0 radical (unpaired) electrons. The molecule has 0 nitrogen and oxygen atoms in total. The summed E-state index contributed by atoms with van der Waals surface area (Å²) in [5.74, 6) is -0.821. The van der Waals surface area contributed by atoms with Gasteiger partial charge in [0.2, 0.25) is 0 Å². The van der Waals surface area contributed by atoms with Crippen molar-refractivity contribution in [2.24, 2.45) is 0 Å². The van der Waals surface area contributed by atoms with Gasteiger partial charge in [-0.05, 0) is 24.3 Å².